The number of nitrogens with zero attached hydrogens (tertiary/aromatic N) is 1. The van der Waals surface area contributed by atoms with Crippen LogP contribution in [0, 0.1) is 0 Å². The van der Waals surface area contributed by atoms with Crippen LogP contribution in [-0.2, 0) is 9.53 Å². The molecule has 0 bridgehead atoms. The van der Waals surface area contributed by atoms with Crippen LogP contribution in [0.15, 0.2) is 5.16 Å². The Morgan fingerprint density at radius 2 is 2.00 bits per heavy atom. The van der Waals surface area contributed by atoms with E-state index < -0.39 is 31.3 Å². The van der Waals surface area contributed by atoms with Crippen molar-refractivity contribution >= 4 is 11.8 Å². The number of esters is 1. The Kier molecular flexibility index (Phi) is 9.77. The van der Waals surface area contributed by atoms with E-state index in [-0.39, 0.29) is 0 Å². The summed E-state index contributed by atoms with van der Waals surface area (Å²) in [6.45, 7) is 1.39. The Morgan fingerprint density at radius 3 is 2.53 bits per heavy atom. The van der Waals surface area contributed by atoms with Gasteiger partial charge in [-0.2, -0.15) is 0 Å². The molecule has 0 aromatic heterocycles. The average molecular weight is 277 g/mol. The molecule has 0 amide bonds. The molecule has 0 aromatic carbocycles. The highest BCUT2D eigenvalue weighted by atomic mass is 16.6. The molecule has 6 N–H and O–H groups in total. The highest BCUT2D eigenvalue weighted by molar-refractivity contribution is 5.78. The Labute approximate surface area is 112 Å². The number of unbranched alkanes of at least 4 members (excludes halogenated alkanes) is 1. The average Bonchev–Trinajstić information content (AvgIpc) is 2.43. The molecule has 112 valence electrons. The summed E-state index contributed by atoms with van der Waals surface area (Å²) in [4.78, 5) is 11.5. The molecular weight excluding hydrogens is 254 g/mol. The maximum atomic E-state index is 11.5. The van der Waals surface area contributed by atoms with Gasteiger partial charge in [-0.3, -0.25) is 4.79 Å². The van der Waals surface area contributed by atoms with Crippen molar-refractivity contribution in [3.05, 3.63) is 0 Å². The third-order valence-corrected chi connectivity index (χ3v) is 2.47. The van der Waals surface area contributed by atoms with Crippen molar-refractivity contribution in [2.75, 3.05) is 19.8 Å². The minimum Gasteiger partial charge on any atom is -0.456 e. The van der Waals surface area contributed by atoms with Gasteiger partial charge in [0.25, 0.3) is 0 Å². The lowest BCUT2D eigenvalue weighted by molar-refractivity contribution is -0.155. The number of oxime groups is 1. The quantitative estimate of drug-likeness (QED) is 0.0889. The van der Waals surface area contributed by atoms with E-state index in [2.05, 4.69) is 10.5 Å². The van der Waals surface area contributed by atoms with Crippen molar-refractivity contribution in [2.45, 2.75) is 38.3 Å². The number of amidine groups is 1. The van der Waals surface area contributed by atoms with Crippen LogP contribution in [0.25, 0.3) is 0 Å². The van der Waals surface area contributed by atoms with E-state index in [1.807, 2.05) is 0 Å². The topological polar surface area (TPSA) is 137 Å². The Hall–Kier alpha value is -1.38. The van der Waals surface area contributed by atoms with Crippen LogP contribution < -0.4 is 11.1 Å². The first-order chi connectivity index (χ1) is 9.04. The molecule has 0 fully saturated rings. The normalized spacial score (nSPS) is 13.4. The van der Waals surface area contributed by atoms with Gasteiger partial charge in [0.1, 0.15) is 18.0 Å². The first-order valence-electron chi connectivity index (χ1n) is 6.15. The molecular formula is C11H23N3O5. The SMILES string of the molecule is CC(=NO)NCCCC[C@H](N)C(=O)OC(CO)CO. The number of rotatable bonds is 9. The zero-order valence-electron chi connectivity index (χ0n) is 11.1. The number of hydrogen-bond donors (Lipinski definition) is 5. The largest absolute Gasteiger partial charge is 0.456 e. The van der Waals surface area contributed by atoms with E-state index >= 15 is 0 Å². The van der Waals surface area contributed by atoms with Crippen LogP contribution in [0.5, 0.6) is 0 Å². The predicted octanol–water partition coefficient (Wildman–Crippen LogP) is -1.22. The first-order valence-corrected chi connectivity index (χ1v) is 6.15. The van der Waals surface area contributed by atoms with Crippen molar-refractivity contribution in [3.63, 3.8) is 0 Å². The Balaban J connectivity index is 3.73. The monoisotopic (exact) mass is 277 g/mol. The highest BCUT2D eigenvalue weighted by Gasteiger charge is 2.18. The van der Waals surface area contributed by atoms with Gasteiger partial charge in [-0.25, -0.2) is 0 Å². The van der Waals surface area contributed by atoms with E-state index in [4.69, 9.17) is 25.9 Å². The molecule has 0 unspecified atom stereocenters. The van der Waals surface area contributed by atoms with Gasteiger partial charge in [0.15, 0.2) is 0 Å². The van der Waals surface area contributed by atoms with Gasteiger partial charge >= 0.3 is 5.97 Å². The smallest absolute Gasteiger partial charge is 0.323 e. The van der Waals surface area contributed by atoms with Gasteiger partial charge in [-0.05, 0) is 26.2 Å². The lowest BCUT2D eigenvalue weighted by Gasteiger charge is -2.16. The molecule has 0 aliphatic rings. The summed E-state index contributed by atoms with van der Waals surface area (Å²) in [5, 5.41) is 31.7. The van der Waals surface area contributed by atoms with E-state index in [9.17, 15) is 4.79 Å². The fraction of sp³-hybridized carbons (Fsp3) is 0.818. The minimum absolute atomic E-state index is 0.428. The van der Waals surface area contributed by atoms with Gasteiger partial charge < -0.3 is 31.2 Å². The van der Waals surface area contributed by atoms with E-state index in [0.717, 1.165) is 6.42 Å². The number of carbonyl (C=O) groups is 1. The van der Waals surface area contributed by atoms with E-state index in [0.29, 0.717) is 25.2 Å². The zero-order chi connectivity index (χ0) is 14.7. The molecule has 0 spiro atoms. The number of nitrogens with two attached hydrogens (primary N) is 1. The summed E-state index contributed by atoms with van der Waals surface area (Å²) in [7, 11) is 0. The summed E-state index contributed by atoms with van der Waals surface area (Å²) in [5.74, 6) is -0.202. The van der Waals surface area contributed by atoms with Crippen molar-refractivity contribution in [2.24, 2.45) is 10.9 Å². The van der Waals surface area contributed by atoms with E-state index in [1.165, 1.54) is 0 Å². The number of aliphatic hydroxyl groups is 2. The molecule has 0 saturated heterocycles. The number of nitrogens with one attached hydrogen (secondary N) is 1. The fourth-order valence-electron chi connectivity index (χ4n) is 1.30. The summed E-state index contributed by atoms with van der Waals surface area (Å²) >= 11 is 0. The Morgan fingerprint density at radius 1 is 1.37 bits per heavy atom. The first kappa shape index (κ1) is 17.6. The lowest BCUT2D eigenvalue weighted by Crippen LogP contribution is -2.37. The second-order valence-electron chi connectivity index (χ2n) is 4.14. The molecule has 0 aliphatic carbocycles. The standard InChI is InChI=1S/C11H23N3O5/c1-8(14-18)13-5-3-2-4-10(12)11(17)19-9(6-15)7-16/h9-10,15-16,18H,2-7,12H2,1H3,(H,13,14)/t10-/m0/s1. The number of hydrogen-bond acceptors (Lipinski definition) is 7. The molecule has 0 aromatic rings. The number of carbonyl (C=O) groups excluding carboxylic acids is 1. The fourth-order valence-corrected chi connectivity index (χ4v) is 1.30. The van der Waals surface area contributed by atoms with E-state index in [1.54, 1.807) is 6.92 Å². The summed E-state index contributed by atoms with van der Waals surface area (Å²) < 4.78 is 4.79. The van der Waals surface area contributed by atoms with Crippen LogP contribution in [0.1, 0.15) is 26.2 Å². The van der Waals surface area contributed by atoms with Gasteiger partial charge in [0.2, 0.25) is 0 Å². The summed E-state index contributed by atoms with van der Waals surface area (Å²) in [6, 6.07) is -0.770. The van der Waals surface area contributed by atoms with Crippen LogP contribution >= 0.6 is 0 Å². The van der Waals surface area contributed by atoms with Crippen LogP contribution in [0.4, 0.5) is 0 Å². The predicted molar refractivity (Wildman–Crippen MR) is 68.8 cm³/mol. The third-order valence-electron chi connectivity index (χ3n) is 2.47. The molecule has 0 radical (unpaired) electrons. The van der Waals surface area contributed by atoms with Crippen molar-refractivity contribution < 1.29 is 25.0 Å². The molecule has 8 heteroatoms. The van der Waals surface area contributed by atoms with Gasteiger partial charge in [-0.15, -0.1) is 0 Å². The van der Waals surface area contributed by atoms with Crippen LogP contribution in [0.2, 0.25) is 0 Å². The second kappa shape index (κ2) is 10.5. The molecule has 1 atom stereocenters. The molecule has 8 nitrogen and oxygen atoms in total. The molecule has 0 aliphatic heterocycles. The maximum absolute atomic E-state index is 11.5. The third kappa shape index (κ3) is 8.36. The minimum atomic E-state index is -0.913. The highest BCUT2D eigenvalue weighted by Crippen LogP contribution is 2.02. The van der Waals surface area contributed by atoms with Crippen molar-refractivity contribution in [1.82, 2.24) is 5.32 Å². The Bertz CT molecular complexity index is 282. The summed E-state index contributed by atoms with van der Waals surface area (Å²) in [5.41, 5.74) is 5.62. The van der Waals surface area contributed by atoms with Crippen molar-refractivity contribution in [1.29, 1.82) is 0 Å². The van der Waals surface area contributed by atoms with Crippen LogP contribution in [-0.4, -0.2) is 59.1 Å². The molecule has 0 heterocycles. The second-order valence-corrected chi connectivity index (χ2v) is 4.14. The van der Waals surface area contributed by atoms with Crippen molar-refractivity contribution in [3.8, 4) is 0 Å². The summed E-state index contributed by atoms with van der Waals surface area (Å²) in [6.07, 6.45) is 0.991. The van der Waals surface area contributed by atoms with Crippen LogP contribution in [0.3, 0.4) is 0 Å². The number of aliphatic hydroxyl groups excluding tert-OH is 2. The lowest BCUT2D eigenvalue weighted by atomic mass is 10.1. The maximum Gasteiger partial charge on any atom is 0.323 e. The molecule has 0 saturated carbocycles. The van der Waals surface area contributed by atoms with Gasteiger partial charge in [-0.1, -0.05) is 5.16 Å². The zero-order valence-corrected chi connectivity index (χ0v) is 11.1. The number of ether oxygens (including phenoxy) is 1. The molecule has 19 heavy (non-hydrogen) atoms. The van der Waals surface area contributed by atoms with Gasteiger partial charge in [0.05, 0.1) is 13.2 Å². The van der Waals surface area contributed by atoms with Gasteiger partial charge in [0, 0.05) is 6.54 Å². The molecule has 0 rings (SSSR count).